The molecule has 1 heterocycles. The first-order chi connectivity index (χ1) is 14.3. The van der Waals surface area contributed by atoms with E-state index >= 15 is 0 Å². The molecule has 1 fully saturated rings. The maximum absolute atomic E-state index is 12.5. The molecule has 1 amide bonds. The predicted molar refractivity (Wildman–Crippen MR) is 117 cm³/mol. The predicted octanol–water partition coefficient (Wildman–Crippen LogP) is 4.06. The van der Waals surface area contributed by atoms with Gasteiger partial charge in [-0.25, -0.2) is 9.79 Å². The highest BCUT2D eigenvalue weighted by Crippen LogP contribution is 2.36. The maximum atomic E-state index is 12.5. The lowest BCUT2D eigenvalue weighted by Gasteiger charge is -2.16. The van der Waals surface area contributed by atoms with Crippen LogP contribution in [0.2, 0.25) is 0 Å². The average molecular weight is 426 g/mol. The Hall–Kier alpha value is -3.26. The van der Waals surface area contributed by atoms with Gasteiger partial charge in [-0.3, -0.25) is 4.79 Å². The van der Waals surface area contributed by atoms with Crippen molar-refractivity contribution in [1.29, 1.82) is 0 Å². The van der Waals surface area contributed by atoms with Crippen molar-refractivity contribution in [2.24, 2.45) is 4.99 Å². The molecule has 156 valence electrons. The fourth-order valence-corrected chi connectivity index (χ4v) is 3.57. The molecule has 0 unspecified atom stereocenters. The van der Waals surface area contributed by atoms with Gasteiger partial charge in [0.2, 0.25) is 0 Å². The number of rotatable bonds is 6. The van der Waals surface area contributed by atoms with E-state index < -0.39 is 12.1 Å². The number of aryl methyl sites for hydroxylation is 1. The molecule has 1 aliphatic heterocycles. The second-order valence-corrected chi connectivity index (χ2v) is 7.71. The summed E-state index contributed by atoms with van der Waals surface area (Å²) in [6.07, 6.45) is 0.558. The zero-order valence-electron chi connectivity index (χ0n) is 17.1. The average Bonchev–Trinajstić information content (AvgIpc) is 3.05. The highest BCUT2D eigenvalue weighted by molar-refractivity contribution is 8.18. The van der Waals surface area contributed by atoms with Crippen LogP contribution in [-0.4, -0.2) is 35.4 Å². The Balaban J connectivity index is 1.94. The summed E-state index contributed by atoms with van der Waals surface area (Å²) in [6, 6.07) is 11.0. The number of carbonyl (C=O) groups is 2. The molecule has 1 aliphatic rings. The van der Waals surface area contributed by atoms with Gasteiger partial charge in [0.05, 0.1) is 17.7 Å². The number of para-hydroxylation sites is 1. The number of aliphatic carboxylic acids is 1. The van der Waals surface area contributed by atoms with Crippen LogP contribution in [0.4, 0.5) is 5.69 Å². The minimum Gasteiger partial charge on any atom is -0.493 e. The zero-order valence-corrected chi connectivity index (χ0v) is 17.9. The number of amides is 1. The molecular weight excluding hydrogens is 404 g/mol. The zero-order chi connectivity index (χ0) is 21.8. The minimum atomic E-state index is -1.10. The van der Waals surface area contributed by atoms with Crippen molar-refractivity contribution in [3.63, 3.8) is 0 Å². The first kappa shape index (κ1) is 21.4. The molecule has 30 heavy (non-hydrogen) atoms. The van der Waals surface area contributed by atoms with Crippen molar-refractivity contribution in [3.8, 4) is 11.5 Å². The van der Waals surface area contributed by atoms with E-state index in [9.17, 15) is 14.7 Å². The van der Waals surface area contributed by atoms with E-state index in [0.717, 1.165) is 16.8 Å². The van der Waals surface area contributed by atoms with Gasteiger partial charge < -0.3 is 19.9 Å². The van der Waals surface area contributed by atoms with Crippen LogP contribution < -0.4 is 14.8 Å². The second kappa shape index (κ2) is 9.04. The normalized spacial score (nSPS) is 17.1. The molecule has 3 rings (SSSR count). The van der Waals surface area contributed by atoms with Crippen molar-refractivity contribution in [3.05, 3.63) is 58.0 Å². The smallest absolute Gasteiger partial charge is 0.344 e. The first-order valence-corrected chi connectivity index (χ1v) is 10.0. The number of nitrogens with one attached hydrogen (secondary N) is 1. The largest absolute Gasteiger partial charge is 0.493 e. The highest BCUT2D eigenvalue weighted by atomic mass is 32.2. The van der Waals surface area contributed by atoms with Crippen molar-refractivity contribution in [2.45, 2.75) is 26.9 Å². The van der Waals surface area contributed by atoms with Crippen LogP contribution in [0.1, 0.15) is 23.6 Å². The van der Waals surface area contributed by atoms with Crippen LogP contribution in [-0.2, 0) is 9.59 Å². The molecule has 0 aliphatic carbocycles. The van der Waals surface area contributed by atoms with E-state index in [1.807, 2.05) is 32.0 Å². The number of thioether (sulfide) groups is 1. The fourth-order valence-electron chi connectivity index (χ4n) is 2.75. The van der Waals surface area contributed by atoms with E-state index in [0.29, 0.717) is 21.4 Å². The molecule has 0 spiro atoms. The lowest BCUT2D eigenvalue weighted by Crippen LogP contribution is -2.23. The van der Waals surface area contributed by atoms with Crippen molar-refractivity contribution in [1.82, 2.24) is 5.32 Å². The molecule has 1 saturated heterocycles. The molecule has 0 aromatic heterocycles. The van der Waals surface area contributed by atoms with E-state index in [1.54, 1.807) is 24.3 Å². The van der Waals surface area contributed by atoms with Crippen LogP contribution in [0.3, 0.4) is 0 Å². The Kier molecular flexibility index (Phi) is 6.47. The van der Waals surface area contributed by atoms with Crippen molar-refractivity contribution < 1.29 is 24.2 Å². The number of amidine groups is 1. The van der Waals surface area contributed by atoms with Crippen LogP contribution in [0.15, 0.2) is 46.3 Å². The summed E-state index contributed by atoms with van der Waals surface area (Å²) < 4.78 is 10.9. The van der Waals surface area contributed by atoms with Gasteiger partial charge in [0.1, 0.15) is 0 Å². The summed E-state index contributed by atoms with van der Waals surface area (Å²) in [4.78, 5) is 28.7. The third kappa shape index (κ3) is 4.65. The van der Waals surface area contributed by atoms with Gasteiger partial charge in [0.25, 0.3) is 5.91 Å². The summed E-state index contributed by atoms with van der Waals surface area (Å²) in [6.45, 7) is 5.42. The Morgan fingerprint density at radius 1 is 1.23 bits per heavy atom. The van der Waals surface area contributed by atoms with Gasteiger partial charge in [-0.1, -0.05) is 24.3 Å². The van der Waals surface area contributed by atoms with Gasteiger partial charge in [-0.05, 0) is 61.9 Å². The summed E-state index contributed by atoms with van der Waals surface area (Å²) in [5.41, 5.74) is 3.49. The molecule has 0 radical (unpaired) electrons. The van der Waals surface area contributed by atoms with E-state index in [-0.39, 0.29) is 11.7 Å². The van der Waals surface area contributed by atoms with E-state index in [2.05, 4.69) is 10.3 Å². The second-order valence-electron chi connectivity index (χ2n) is 6.68. The maximum Gasteiger partial charge on any atom is 0.344 e. The third-order valence-electron chi connectivity index (χ3n) is 4.61. The van der Waals surface area contributed by atoms with Gasteiger partial charge in [-0.2, -0.15) is 0 Å². The number of nitrogens with zero attached hydrogens (tertiary/aromatic N) is 1. The number of aliphatic imine (C=N–C) groups is 1. The highest BCUT2D eigenvalue weighted by Gasteiger charge is 2.25. The Morgan fingerprint density at radius 2 is 1.97 bits per heavy atom. The molecule has 2 N–H and O–H groups in total. The molecular formula is C22H22N2O5S. The number of hydrogen-bond acceptors (Lipinski definition) is 6. The first-order valence-electron chi connectivity index (χ1n) is 9.22. The Morgan fingerprint density at radius 3 is 2.67 bits per heavy atom. The molecule has 8 heteroatoms. The molecule has 2 aromatic carbocycles. The minimum absolute atomic E-state index is 0.260. The van der Waals surface area contributed by atoms with Gasteiger partial charge in [-0.15, -0.1) is 0 Å². The van der Waals surface area contributed by atoms with Gasteiger partial charge >= 0.3 is 5.97 Å². The number of carboxylic acid groups (broad SMARTS) is 1. The number of carbonyl (C=O) groups excluding carboxylic acids is 1. The summed E-state index contributed by atoms with van der Waals surface area (Å²) in [5.74, 6) is -0.750. The fraction of sp³-hybridized carbons (Fsp3) is 0.227. The Labute approximate surface area is 178 Å². The van der Waals surface area contributed by atoms with E-state index in [1.165, 1.54) is 25.8 Å². The number of ether oxygens (including phenoxy) is 2. The molecule has 2 aromatic rings. The topological polar surface area (TPSA) is 97.2 Å². The van der Waals surface area contributed by atoms with Crippen molar-refractivity contribution >= 4 is 40.6 Å². The number of methoxy groups -OCH3 is 1. The van der Waals surface area contributed by atoms with Crippen LogP contribution >= 0.6 is 11.8 Å². The van der Waals surface area contributed by atoms with Gasteiger partial charge in [0.15, 0.2) is 22.8 Å². The number of hydrogen-bond donors (Lipinski definition) is 2. The monoisotopic (exact) mass is 426 g/mol. The summed E-state index contributed by atoms with van der Waals surface area (Å²) in [5, 5.41) is 12.4. The van der Waals surface area contributed by atoms with Gasteiger partial charge in [0, 0.05) is 5.56 Å². The molecule has 0 saturated carbocycles. The number of benzene rings is 2. The van der Waals surface area contributed by atoms with Crippen LogP contribution in [0.25, 0.3) is 6.08 Å². The Bertz CT molecular complexity index is 1060. The lowest BCUT2D eigenvalue weighted by atomic mass is 10.1. The molecule has 7 nitrogen and oxygen atoms in total. The quantitative estimate of drug-likeness (QED) is 0.676. The SMILES string of the molecule is COc1cccc(/C=C2\SC(=Nc3cccc(C)c3C)NC2=O)c1O[C@@H](C)C(=O)O. The molecule has 1 atom stereocenters. The standard InChI is InChI=1S/C22H22N2O5S/c1-12-7-5-9-16(13(12)2)23-22-24-20(25)18(30-22)11-15-8-6-10-17(28-4)19(15)29-14(3)21(26)27/h5-11,14H,1-4H3,(H,26,27)(H,23,24,25)/b18-11-/t14-/m0/s1. The van der Waals surface area contributed by atoms with E-state index in [4.69, 9.17) is 9.47 Å². The molecule has 0 bridgehead atoms. The third-order valence-corrected chi connectivity index (χ3v) is 5.52. The summed E-state index contributed by atoms with van der Waals surface area (Å²) >= 11 is 1.21. The van der Waals surface area contributed by atoms with Crippen LogP contribution in [0, 0.1) is 13.8 Å². The van der Waals surface area contributed by atoms with Crippen LogP contribution in [0.5, 0.6) is 11.5 Å². The lowest BCUT2D eigenvalue weighted by molar-refractivity contribution is -0.144. The summed E-state index contributed by atoms with van der Waals surface area (Å²) in [7, 11) is 1.47. The van der Waals surface area contributed by atoms with Crippen molar-refractivity contribution in [2.75, 3.05) is 7.11 Å². The number of carboxylic acids is 1.